The number of carboxylic acid groups (broad SMARTS) is 1. The summed E-state index contributed by atoms with van der Waals surface area (Å²) in [5.74, 6) is -0.848. The molecule has 0 bridgehead atoms. The van der Waals surface area contributed by atoms with Crippen molar-refractivity contribution >= 4 is 18.7 Å². The first-order chi connectivity index (χ1) is 20.5. The third kappa shape index (κ3) is 7.14. The summed E-state index contributed by atoms with van der Waals surface area (Å²) in [6.07, 6.45) is 0. The van der Waals surface area contributed by atoms with Crippen molar-refractivity contribution in [3.05, 3.63) is 138 Å². The number of hydrogen-bond donors (Lipinski definition) is 2. The second-order valence-corrected chi connectivity index (χ2v) is 8.86. The molecule has 0 atom stereocenters. The van der Waals surface area contributed by atoms with Gasteiger partial charge < -0.3 is 19.4 Å². The second kappa shape index (κ2) is 14.2. The number of aromatic carboxylic acids is 1. The van der Waals surface area contributed by atoms with Gasteiger partial charge in [-0.3, -0.25) is 5.26 Å². The number of rotatable bonds is 9. The first kappa shape index (κ1) is 29.4. The lowest BCUT2D eigenvalue weighted by molar-refractivity contribution is -0.253. The molecule has 0 saturated heterocycles. The van der Waals surface area contributed by atoms with Gasteiger partial charge in [-0.15, -0.1) is 0 Å². The van der Waals surface area contributed by atoms with Crippen LogP contribution in [0, 0.1) is 0 Å². The standard InChI is InChI=1S/C33H24O7.CH2O/c34-32(35)29-18-13-24(22-7-3-1-4-8-22)19-30(29)33(36)40-28-16-14-27(15-17-28)39-31-20-25(11-12-26(31)21-38-37)23-9-5-2-6-10-23;1-2/h1-20,37H,21H2,(H,34,35);1H2. The van der Waals surface area contributed by atoms with E-state index in [4.69, 9.17) is 19.5 Å². The molecule has 0 aliphatic carbocycles. The van der Waals surface area contributed by atoms with Crippen LogP contribution in [0.25, 0.3) is 22.3 Å². The molecule has 5 aromatic rings. The zero-order chi connectivity index (χ0) is 29.9. The zero-order valence-electron chi connectivity index (χ0n) is 22.3. The minimum Gasteiger partial charge on any atom is -0.478 e. The molecule has 2 N–H and O–H groups in total. The average Bonchev–Trinajstić information content (AvgIpc) is 3.04. The summed E-state index contributed by atoms with van der Waals surface area (Å²) in [5.41, 5.74) is 3.90. The van der Waals surface area contributed by atoms with Gasteiger partial charge in [0.15, 0.2) is 0 Å². The monoisotopic (exact) mass is 562 g/mol. The second-order valence-electron chi connectivity index (χ2n) is 8.86. The van der Waals surface area contributed by atoms with Gasteiger partial charge in [0, 0.05) is 5.56 Å². The Morgan fingerprint density at radius 1 is 0.619 bits per heavy atom. The molecule has 0 radical (unpaired) electrons. The van der Waals surface area contributed by atoms with E-state index in [0.29, 0.717) is 22.6 Å². The van der Waals surface area contributed by atoms with Crippen molar-refractivity contribution < 1.29 is 39.1 Å². The van der Waals surface area contributed by atoms with E-state index in [0.717, 1.165) is 16.7 Å². The Morgan fingerprint density at radius 2 is 1.17 bits per heavy atom. The average molecular weight is 563 g/mol. The minimum absolute atomic E-state index is 0.0550. The predicted octanol–water partition coefficient (Wildman–Crippen LogP) is 7.54. The van der Waals surface area contributed by atoms with Crippen molar-refractivity contribution in [2.45, 2.75) is 6.61 Å². The molecule has 0 amide bonds. The molecule has 0 unspecified atom stereocenters. The molecule has 5 rings (SSSR count). The summed E-state index contributed by atoms with van der Waals surface area (Å²) >= 11 is 0. The molecule has 0 heterocycles. The Morgan fingerprint density at radius 3 is 1.74 bits per heavy atom. The smallest absolute Gasteiger partial charge is 0.344 e. The lowest BCUT2D eigenvalue weighted by Gasteiger charge is -2.13. The van der Waals surface area contributed by atoms with Crippen LogP contribution in [-0.2, 0) is 16.3 Å². The molecule has 0 aliphatic heterocycles. The number of ether oxygens (including phenoxy) is 2. The number of benzene rings is 5. The van der Waals surface area contributed by atoms with Gasteiger partial charge in [-0.25, -0.2) is 14.5 Å². The summed E-state index contributed by atoms with van der Waals surface area (Å²) in [7, 11) is 0. The van der Waals surface area contributed by atoms with Gasteiger partial charge in [-0.2, -0.15) is 0 Å². The lowest BCUT2D eigenvalue weighted by Crippen LogP contribution is -2.14. The number of esters is 1. The molecule has 0 aromatic heterocycles. The van der Waals surface area contributed by atoms with Crippen LogP contribution < -0.4 is 9.47 Å². The third-order valence-electron chi connectivity index (χ3n) is 6.23. The highest BCUT2D eigenvalue weighted by Crippen LogP contribution is 2.32. The molecule has 8 heteroatoms. The topological polar surface area (TPSA) is 119 Å². The number of carbonyl (C=O) groups is 3. The maximum Gasteiger partial charge on any atom is 0.344 e. The van der Waals surface area contributed by atoms with E-state index in [2.05, 4.69) is 4.89 Å². The maximum absolute atomic E-state index is 13.0. The lowest BCUT2D eigenvalue weighted by atomic mass is 9.99. The molecule has 5 aromatic carbocycles. The number of hydrogen-bond acceptors (Lipinski definition) is 7. The fourth-order valence-corrected chi connectivity index (χ4v) is 4.22. The number of carboxylic acids is 1. The van der Waals surface area contributed by atoms with E-state index in [9.17, 15) is 14.7 Å². The Labute approximate surface area is 241 Å². The summed E-state index contributed by atoms with van der Waals surface area (Å²) in [4.78, 5) is 37.2. The van der Waals surface area contributed by atoms with Crippen LogP contribution in [0.3, 0.4) is 0 Å². The molecule has 210 valence electrons. The van der Waals surface area contributed by atoms with E-state index >= 15 is 0 Å². The van der Waals surface area contributed by atoms with Crippen molar-refractivity contribution in [3.8, 4) is 39.5 Å². The normalized spacial score (nSPS) is 10.2. The number of carbonyl (C=O) groups excluding carboxylic acids is 2. The van der Waals surface area contributed by atoms with Crippen molar-refractivity contribution in [3.63, 3.8) is 0 Å². The van der Waals surface area contributed by atoms with E-state index < -0.39 is 11.9 Å². The van der Waals surface area contributed by atoms with Crippen LogP contribution >= 0.6 is 0 Å². The molecule has 42 heavy (non-hydrogen) atoms. The Hall–Kier alpha value is -5.57. The van der Waals surface area contributed by atoms with Gasteiger partial charge in [0.1, 0.15) is 30.6 Å². The van der Waals surface area contributed by atoms with Crippen LogP contribution in [0.4, 0.5) is 0 Å². The third-order valence-corrected chi connectivity index (χ3v) is 6.23. The van der Waals surface area contributed by atoms with Crippen molar-refractivity contribution in [1.29, 1.82) is 0 Å². The first-order valence-corrected chi connectivity index (χ1v) is 12.7. The zero-order valence-corrected chi connectivity index (χ0v) is 22.3. The summed E-state index contributed by atoms with van der Waals surface area (Å²) in [6.45, 7) is 1.94. The fraction of sp³-hybridized carbons (Fsp3) is 0.0294. The molecule has 8 nitrogen and oxygen atoms in total. The Bertz CT molecular complexity index is 1650. The molecular weight excluding hydrogens is 536 g/mol. The Balaban J connectivity index is 0.00000198. The molecule has 0 saturated carbocycles. The maximum atomic E-state index is 13.0. The Kier molecular flexibility index (Phi) is 9.93. The first-order valence-electron chi connectivity index (χ1n) is 12.7. The SMILES string of the molecule is C=O.O=C(O)c1ccc(-c2ccccc2)cc1C(=O)Oc1ccc(Oc2cc(-c3ccccc3)ccc2COO)cc1. The van der Waals surface area contributed by atoms with E-state index in [1.807, 2.05) is 85.7 Å². The van der Waals surface area contributed by atoms with Crippen LogP contribution in [0.15, 0.2) is 121 Å². The quantitative estimate of drug-likeness (QED) is 0.0819. The van der Waals surface area contributed by atoms with Gasteiger partial charge in [0.2, 0.25) is 0 Å². The molecule has 0 fully saturated rings. The van der Waals surface area contributed by atoms with Crippen LogP contribution in [-0.4, -0.2) is 29.1 Å². The predicted molar refractivity (Wildman–Crippen MR) is 157 cm³/mol. The molecular formula is C34H26O8. The highest BCUT2D eigenvalue weighted by Gasteiger charge is 2.20. The van der Waals surface area contributed by atoms with Crippen molar-refractivity contribution in [1.82, 2.24) is 0 Å². The van der Waals surface area contributed by atoms with Gasteiger partial charge in [0.05, 0.1) is 11.1 Å². The van der Waals surface area contributed by atoms with Gasteiger partial charge >= 0.3 is 11.9 Å². The van der Waals surface area contributed by atoms with Gasteiger partial charge in [-0.05, 0) is 64.7 Å². The van der Waals surface area contributed by atoms with E-state index in [-0.39, 0.29) is 23.5 Å². The van der Waals surface area contributed by atoms with Gasteiger partial charge in [0.25, 0.3) is 0 Å². The highest BCUT2D eigenvalue weighted by molar-refractivity contribution is 6.04. The van der Waals surface area contributed by atoms with Crippen LogP contribution in [0.1, 0.15) is 26.3 Å². The molecule has 0 spiro atoms. The highest BCUT2D eigenvalue weighted by atomic mass is 17.1. The summed E-state index contributed by atoms with van der Waals surface area (Å²) in [6, 6.07) is 35.6. The fourth-order valence-electron chi connectivity index (χ4n) is 4.22. The van der Waals surface area contributed by atoms with Crippen molar-refractivity contribution in [2.75, 3.05) is 0 Å². The van der Waals surface area contributed by atoms with E-state index in [1.54, 1.807) is 30.3 Å². The largest absolute Gasteiger partial charge is 0.478 e. The minimum atomic E-state index is -1.23. The summed E-state index contributed by atoms with van der Waals surface area (Å²) in [5, 5.41) is 18.6. The van der Waals surface area contributed by atoms with Crippen LogP contribution in [0.5, 0.6) is 17.2 Å². The summed E-state index contributed by atoms with van der Waals surface area (Å²) < 4.78 is 11.6. The van der Waals surface area contributed by atoms with Crippen LogP contribution in [0.2, 0.25) is 0 Å². The molecule has 0 aliphatic rings. The van der Waals surface area contributed by atoms with Crippen molar-refractivity contribution in [2.24, 2.45) is 0 Å². The van der Waals surface area contributed by atoms with Gasteiger partial charge in [-0.1, -0.05) is 78.9 Å². The van der Waals surface area contributed by atoms with E-state index in [1.165, 1.54) is 12.1 Å².